The number of ether oxygens (including phenoxy) is 1. The Morgan fingerprint density at radius 3 is 1.93 bits per heavy atom. The van der Waals surface area contributed by atoms with Crippen LogP contribution in [0.1, 0.15) is 51.4 Å². The predicted molar refractivity (Wildman–Crippen MR) is 115 cm³/mol. The molecule has 4 saturated carbocycles. The largest absolute Gasteiger partial charge is 0.493 e. The minimum atomic E-state index is 0.124. The zero-order valence-electron chi connectivity index (χ0n) is 17.9. The van der Waals surface area contributed by atoms with E-state index in [4.69, 9.17) is 4.74 Å². The molecule has 2 amide bonds. The van der Waals surface area contributed by atoms with Crippen LogP contribution in [0.25, 0.3) is 0 Å². The summed E-state index contributed by atoms with van der Waals surface area (Å²) in [6.45, 7) is 3.05. The SMILES string of the molecule is O=C(CCOc1ccccc1)N1CCN(C(=O)CC23CC4CC(CC(C4)C2)C3)CC1. The number of nitrogens with zero attached hydrogens (tertiary/aromatic N) is 2. The standard InChI is InChI=1S/C25H34N2O3/c28-23(6-11-30-22-4-2-1-3-5-22)26-7-9-27(10-8-26)24(29)18-25-15-19-12-20(16-25)14-21(13-19)17-25/h1-5,19-21H,6-18H2. The number of hydrogen-bond acceptors (Lipinski definition) is 3. The maximum absolute atomic E-state index is 13.1. The second kappa shape index (κ2) is 8.24. The lowest BCUT2D eigenvalue weighted by molar-refractivity contribution is -0.145. The highest BCUT2D eigenvalue weighted by molar-refractivity contribution is 5.79. The van der Waals surface area contributed by atoms with Crippen molar-refractivity contribution >= 4 is 11.8 Å². The summed E-state index contributed by atoms with van der Waals surface area (Å²) in [4.78, 5) is 29.5. The van der Waals surface area contributed by atoms with Gasteiger partial charge < -0.3 is 14.5 Å². The Morgan fingerprint density at radius 1 is 0.833 bits per heavy atom. The number of piperazine rings is 1. The normalized spacial score (nSPS) is 32.3. The molecule has 1 aromatic carbocycles. The molecule has 1 saturated heterocycles. The fourth-order valence-electron chi connectivity index (χ4n) is 7.08. The maximum atomic E-state index is 13.1. The number of amides is 2. The van der Waals surface area contributed by atoms with Crippen LogP contribution in [0.5, 0.6) is 5.75 Å². The van der Waals surface area contributed by atoms with Gasteiger partial charge in [-0.1, -0.05) is 18.2 Å². The summed E-state index contributed by atoms with van der Waals surface area (Å²) in [6, 6.07) is 9.60. The molecule has 0 N–H and O–H groups in total. The van der Waals surface area contributed by atoms with Gasteiger partial charge in [0.15, 0.2) is 0 Å². The monoisotopic (exact) mass is 410 g/mol. The summed E-state index contributed by atoms with van der Waals surface area (Å²) in [5, 5.41) is 0. The van der Waals surface area contributed by atoms with Crippen molar-refractivity contribution in [3.05, 3.63) is 30.3 Å². The molecule has 4 aliphatic carbocycles. The summed E-state index contributed by atoms with van der Waals surface area (Å²) in [6.07, 6.45) is 9.23. The van der Waals surface area contributed by atoms with Gasteiger partial charge in [-0.2, -0.15) is 0 Å². The van der Waals surface area contributed by atoms with Crippen LogP contribution in [0, 0.1) is 23.2 Å². The highest BCUT2D eigenvalue weighted by Crippen LogP contribution is 2.61. The van der Waals surface area contributed by atoms with E-state index in [0.717, 1.165) is 29.9 Å². The second-order valence-electron chi connectivity index (χ2n) is 10.3. The molecule has 162 valence electrons. The lowest BCUT2D eigenvalue weighted by Gasteiger charge is -2.57. The van der Waals surface area contributed by atoms with Crippen LogP contribution in [-0.4, -0.2) is 54.4 Å². The molecule has 1 aliphatic heterocycles. The summed E-state index contributed by atoms with van der Waals surface area (Å²) in [7, 11) is 0. The molecule has 0 unspecified atom stereocenters. The Kier molecular flexibility index (Phi) is 5.46. The van der Waals surface area contributed by atoms with Crippen molar-refractivity contribution in [2.45, 2.75) is 51.4 Å². The zero-order chi connectivity index (χ0) is 20.6. The molecule has 0 aromatic heterocycles. The average Bonchev–Trinajstić information content (AvgIpc) is 2.73. The van der Waals surface area contributed by atoms with E-state index < -0.39 is 0 Å². The molecular formula is C25H34N2O3. The Bertz CT molecular complexity index is 735. The van der Waals surface area contributed by atoms with Crippen molar-refractivity contribution in [3.8, 4) is 5.75 Å². The summed E-state index contributed by atoms with van der Waals surface area (Å²) in [5.74, 6) is 3.91. The quantitative estimate of drug-likeness (QED) is 0.718. The minimum Gasteiger partial charge on any atom is -0.493 e. The van der Waals surface area contributed by atoms with Gasteiger partial charge in [0, 0.05) is 32.6 Å². The van der Waals surface area contributed by atoms with Gasteiger partial charge in [0.05, 0.1) is 13.0 Å². The Hall–Kier alpha value is -2.04. The Morgan fingerprint density at radius 2 is 1.37 bits per heavy atom. The summed E-state index contributed by atoms with van der Waals surface area (Å²) >= 11 is 0. The first-order valence-corrected chi connectivity index (χ1v) is 11.8. The molecule has 0 radical (unpaired) electrons. The van der Waals surface area contributed by atoms with E-state index in [1.807, 2.05) is 40.1 Å². The van der Waals surface area contributed by atoms with Crippen LogP contribution in [0.2, 0.25) is 0 Å². The number of benzene rings is 1. The third-order valence-corrected chi connectivity index (χ3v) is 8.00. The Balaban J connectivity index is 1.07. The molecule has 30 heavy (non-hydrogen) atoms. The number of rotatable bonds is 6. The topological polar surface area (TPSA) is 49.9 Å². The van der Waals surface area contributed by atoms with E-state index in [0.29, 0.717) is 50.5 Å². The first-order chi connectivity index (χ1) is 14.6. The van der Waals surface area contributed by atoms with Gasteiger partial charge in [-0.25, -0.2) is 0 Å². The first kappa shape index (κ1) is 19.9. The minimum absolute atomic E-state index is 0.124. The van der Waals surface area contributed by atoms with Crippen LogP contribution >= 0.6 is 0 Å². The van der Waals surface area contributed by atoms with E-state index in [9.17, 15) is 9.59 Å². The third-order valence-electron chi connectivity index (χ3n) is 8.00. The molecule has 5 fully saturated rings. The number of carbonyl (C=O) groups excluding carboxylic acids is 2. The van der Waals surface area contributed by atoms with Gasteiger partial charge in [-0.3, -0.25) is 9.59 Å². The van der Waals surface area contributed by atoms with E-state index in [2.05, 4.69) is 0 Å². The fraction of sp³-hybridized carbons (Fsp3) is 0.680. The fourth-order valence-corrected chi connectivity index (χ4v) is 7.08. The molecule has 0 atom stereocenters. The second-order valence-corrected chi connectivity index (χ2v) is 10.3. The van der Waals surface area contributed by atoms with Crippen LogP contribution in [0.3, 0.4) is 0 Å². The van der Waals surface area contributed by atoms with Gasteiger partial charge in [0.25, 0.3) is 0 Å². The molecule has 5 nitrogen and oxygen atoms in total. The molecule has 5 heteroatoms. The van der Waals surface area contributed by atoms with Crippen molar-refractivity contribution in [3.63, 3.8) is 0 Å². The van der Waals surface area contributed by atoms with Crippen molar-refractivity contribution < 1.29 is 14.3 Å². The average molecular weight is 411 g/mol. The van der Waals surface area contributed by atoms with Crippen LogP contribution < -0.4 is 4.74 Å². The molecule has 0 spiro atoms. The van der Waals surface area contributed by atoms with Crippen molar-refractivity contribution in [1.82, 2.24) is 9.80 Å². The summed E-state index contributed by atoms with van der Waals surface area (Å²) < 4.78 is 5.65. The van der Waals surface area contributed by atoms with Gasteiger partial charge in [-0.15, -0.1) is 0 Å². The van der Waals surface area contributed by atoms with E-state index >= 15 is 0 Å². The lowest BCUT2D eigenvalue weighted by atomic mass is 9.49. The molecule has 4 bridgehead atoms. The Labute approximate surface area is 179 Å². The van der Waals surface area contributed by atoms with Crippen LogP contribution in [-0.2, 0) is 9.59 Å². The maximum Gasteiger partial charge on any atom is 0.226 e. The molecular weight excluding hydrogens is 376 g/mol. The predicted octanol–water partition coefficient (Wildman–Crippen LogP) is 3.73. The molecule has 1 heterocycles. The van der Waals surface area contributed by atoms with Crippen molar-refractivity contribution in [2.24, 2.45) is 23.2 Å². The number of hydrogen-bond donors (Lipinski definition) is 0. The number of para-hydroxylation sites is 1. The van der Waals surface area contributed by atoms with Gasteiger partial charge >= 0.3 is 0 Å². The van der Waals surface area contributed by atoms with Crippen molar-refractivity contribution in [2.75, 3.05) is 32.8 Å². The van der Waals surface area contributed by atoms with E-state index in [1.165, 1.54) is 38.5 Å². The molecule has 6 rings (SSSR count). The smallest absolute Gasteiger partial charge is 0.226 e. The zero-order valence-corrected chi connectivity index (χ0v) is 17.9. The highest BCUT2D eigenvalue weighted by Gasteiger charge is 2.51. The van der Waals surface area contributed by atoms with Gasteiger partial charge in [-0.05, 0) is 73.8 Å². The lowest BCUT2D eigenvalue weighted by Crippen LogP contribution is -2.53. The van der Waals surface area contributed by atoms with E-state index in [1.54, 1.807) is 0 Å². The van der Waals surface area contributed by atoms with Gasteiger partial charge in [0.2, 0.25) is 11.8 Å². The van der Waals surface area contributed by atoms with Crippen LogP contribution in [0.4, 0.5) is 0 Å². The summed E-state index contributed by atoms with van der Waals surface area (Å²) in [5.41, 5.74) is 0.299. The van der Waals surface area contributed by atoms with Gasteiger partial charge in [0.1, 0.15) is 5.75 Å². The third kappa shape index (κ3) is 4.21. The van der Waals surface area contributed by atoms with Crippen molar-refractivity contribution in [1.29, 1.82) is 0 Å². The first-order valence-electron chi connectivity index (χ1n) is 11.8. The molecule has 1 aromatic rings. The van der Waals surface area contributed by atoms with Crippen LogP contribution in [0.15, 0.2) is 30.3 Å². The number of carbonyl (C=O) groups is 2. The highest BCUT2D eigenvalue weighted by atomic mass is 16.5. The molecule has 5 aliphatic rings. The van der Waals surface area contributed by atoms with E-state index in [-0.39, 0.29) is 5.91 Å².